The topological polar surface area (TPSA) is 132 Å². The highest BCUT2D eigenvalue weighted by molar-refractivity contribution is 7.21. The summed E-state index contributed by atoms with van der Waals surface area (Å²) >= 11 is 1.10. The molecule has 0 saturated heterocycles. The molecule has 0 aliphatic rings. The molecule has 0 aliphatic carbocycles. The average molecular weight is 464 g/mol. The van der Waals surface area contributed by atoms with Gasteiger partial charge in [-0.2, -0.15) is 0 Å². The molecule has 8 nitrogen and oxygen atoms in total. The number of carboxylic acid groups (broad SMARTS) is 1. The summed E-state index contributed by atoms with van der Waals surface area (Å²) in [4.78, 5) is 30.5. The first-order valence-corrected chi connectivity index (χ1v) is 10.6. The molecule has 0 unspecified atom stereocenters. The zero-order chi connectivity index (χ0) is 23.9. The number of carboxylic acids is 1. The number of hydrogen-bond acceptors (Lipinski definition) is 8. The van der Waals surface area contributed by atoms with E-state index in [0.717, 1.165) is 11.3 Å². The summed E-state index contributed by atoms with van der Waals surface area (Å²) in [5, 5.41) is 20.3. The number of thiophene rings is 1. The number of rotatable bonds is 6. The van der Waals surface area contributed by atoms with Crippen molar-refractivity contribution in [2.75, 3.05) is 20.0 Å². The zero-order valence-corrected chi connectivity index (χ0v) is 18.8. The maximum atomic E-state index is 13.2. The number of carbonyl (C=O) groups is 2. The second-order valence-electron chi connectivity index (χ2n) is 7.22. The monoisotopic (exact) mass is 464 g/mol. The first-order valence-electron chi connectivity index (χ1n) is 9.78. The Hall–Kier alpha value is -4.11. The minimum atomic E-state index is -1.18. The van der Waals surface area contributed by atoms with Crippen molar-refractivity contribution in [2.45, 2.75) is 6.92 Å². The number of phenols is 1. The van der Waals surface area contributed by atoms with E-state index in [1.807, 2.05) is 0 Å². The maximum Gasteiger partial charge on any atom is 0.338 e. The first-order chi connectivity index (χ1) is 15.8. The van der Waals surface area contributed by atoms with Gasteiger partial charge < -0.3 is 25.4 Å². The molecule has 2 aromatic carbocycles. The largest absolute Gasteiger partial charge is 0.504 e. The number of phenolic OH excluding ortho intramolecular Hbond substituents is 1. The van der Waals surface area contributed by atoms with Crippen molar-refractivity contribution < 1.29 is 29.3 Å². The molecule has 0 amide bonds. The predicted molar refractivity (Wildman–Crippen MR) is 126 cm³/mol. The molecule has 0 fully saturated rings. The van der Waals surface area contributed by atoms with Crippen LogP contribution in [0.5, 0.6) is 17.2 Å². The SMILES string of the molecule is COc1ccc(C(=O)c2sc3nc(C)c(C(=O)O)c(-c4ccc(O)c(OC)c4)c3c2N)cc1. The van der Waals surface area contributed by atoms with Crippen LogP contribution in [0.2, 0.25) is 0 Å². The second kappa shape index (κ2) is 8.44. The van der Waals surface area contributed by atoms with Gasteiger partial charge in [-0.05, 0) is 48.9 Å². The van der Waals surface area contributed by atoms with Gasteiger partial charge in [-0.1, -0.05) is 6.07 Å². The number of ketones is 1. The van der Waals surface area contributed by atoms with Gasteiger partial charge >= 0.3 is 5.97 Å². The molecule has 33 heavy (non-hydrogen) atoms. The highest BCUT2D eigenvalue weighted by Gasteiger charge is 2.27. The van der Waals surface area contributed by atoms with Crippen LogP contribution < -0.4 is 15.2 Å². The Bertz CT molecular complexity index is 1410. The Labute approximate surface area is 192 Å². The number of benzene rings is 2. The number of ether oxygens (including phenoxy) is 2. The lowest BCUT2D eigenvalue weighted by molar-refractivity contribution is 0.0696. The number of hydrogen-bond donors (Lipinski definition) is 3. The van der Waals surface area contributed by atoms with Crippen LogP contribution in [0.25, 0.3) is 21.3 Å². The van der Waals surface area contributed by atoms with Crippen LogP contribution in [0.3, 0.4) is 0 Å². The van der Waals surface area contributed by atoms with Gasteiger partial charge in [0, 0.05) is 16.5 Å². The summed E-state index contributed by atoms with van der Waals surface area (Å²) in [6.45, 7) is 1.59. The van der Waals surface area contributed by atoms with Gasteiger partial charge in [0.1, 0.15) is 15.5 Å². The number of carbonyl (C=O) groups excluding carboxylic acids is 1. The van der Waals surface area contributed by atoms with Crippen molar-refractivity contribution >= 4 is 39.0 Å². The Morgan fingerprint density at radius 2 is 1.76 bits per heavy atom. The third kappa shape index (κ3) is 3.72. The summed E-state index contributed by atoms with van der Waals surface area (Å²) in [5.74, 6) is -0.786. The third-order valence-corrected chi connectivity index (χ3v) is 6.40. The molecular formula is C24H20N2O6S. The van der Waals surface area contributed by atoms with E-state index in [1.54, 1.807) is 37.3 Å². The minimum absolute atomic E-state index is 0.0387. The zero-order valence-electron chi connectivity index (χ0n) is 18.0. The number of aromatic carboxylic acids is 1. The molecule has 0 aliphatic heterocycles. The van der Waals surface area contributed by atoms with E-state index in [4.69, 9.17) is 15.2 Å². The Kier molecular flexibility index (Phi) is 5.65. The number of anilines is 1. The highest BCUT2D eigenvalue weighted by atomic mass is 32.1. The van der Waals surface area contributed by atoms with E-state index in [-0.39, 0.29) is 39.1 Å². The van der Waals surface area contributed by atoms with Crippen molar-refractivity contribution in [3.05, 3.63) is 64.2 Å². The summed E-state index contributed by atoms with van der Waals surface area (Å²) in [6, 6.07) is 11.1. The maximum absolute atomic E-state index is 13.2. The average Bonchev–Trinajstić information content (AvgIpc) is 3.13. The predicted octanol–water partition coefficient (Wildman–Crippen LogP) is 4.51. The fourth-order valence-corrected chi connectivity index (χ4v) is 4.80. The fourth-order valence-electron chi connectivity index (χ4n) is 3.69. The quantitative estimate of drug-likeness (QED) is 0.355. The van der Waals surface area contributed by atoms with Gasteiger partial charge in [0.25, 0.3) is 0 Å². The van der Waals surface area contributed by atoms with Crippen molar-refractivity contribution in [1.29, 1.82) is 0 Å². The van der Waals surface area contributed by atoms with Gasteiger partial charge in [-0.25, -0.2) is 9.78 Å². The standard InChI is InChI=1S/C24H20N2O6S/c1-11-17(24(29)30)18(13-6-9-15(27)16(10-13)32-3)19-20(25)22(33-23(19)26-11)21(28)12-4-7-14(31-2)8-5-12/h4-10,27H,25H2,1-3H3,(H,29,30). The number of methoxy groups -OCH3 is 2. The smallest absolute Gasteiger partial charge is 0.338 e. The van der Waals surface area contributed by atoms with Crippen LogP contribution >= 0.6 is 11.3 Å². The molecule has 0 radical (unpaired) electrons. The van der Waals surface area contributed by atoms with Crippen LogP contribution in [0, 0.1) is 6.92 Å². The molecule has 0 atom stereocenters. The summed E-state index contributed by atoms with van der Waals surface area (Å²) in [7, 11) is 2.93. The van der Waals surface area contributed by atoms with E-state index in [1.165, 1.54) is 26.4 Å². The lowest BCUT2D eigenvalue weighted by Crippen LogP contribution is -2.06. The highest BCUT2D eigenvalue weighted by Crippen LogP contribution is 2.44. The summed E-state index contributed by atoms with van der Waals surface area (Å²) in [6.07, 6.45) is 0. The van der Waals surface area contributed by atoms with Gasteiger partial charge in [0.15, 0.2) is 11.5 Å². The number of pyridine rings is 1. The number of aryl methyl sites for hydroxylation is 1. The van der Waals surface area contributed by atoms with Crippen molar-refractivity contribution in [3.8, 4) is 28.4 Å². The molecule has 4 N–H and O–H groups in total. The van der Waals surface area contributed by atoms with Crippen molar-refractivity contribution in [1.82, 2.24) is 4.98 Å². The van der Waals surface area contributed by atoms with Crippen LogP contribution in [0.15, 0.2) is 42.5 Å². The molecule has 0 spiro atoms. The van der Waals surface area contributed by atoms with E-state index >= 15 is 0 Å². The van der Waals surface area contributed by atoms with Crippen LogP contribution in [-0.2, 0) is 0 Å². The molecule has 2 heterocycles. The van der Waals surface area contributed by atoms with E-state index in [9.17, 15) is 19.8 Å². The number of nitrogens with zero attached hydrogens (tertiary/aromatic N) is 1. The lowest BCUT2D eigenvalue weighted by atomic mass is 9.94. The molecule has 2 aromatic heterocycles. The normalized spacial score (nSPS) is 10.9. The second-order valence-corrected chi connectivity index (χ2v) is 8.22. The van der Waals surface area contributed by atoms with E-state index in [2.05, 4.69) is 4.98 Å². The summed E-state index contributed by atoms with van der Waals surface area (Å²) < 4.78 is 10.3. The molecule has 4 aromatic rings. The minimum Gasteiger partial charge on any atom is -0.504 e. The van der Waals surface area contributed by atoms with Gasteiger partial charge in [0.05, 0.1) is 31.2 Å². The van der Waals surface area contributed by atoms with Crippen molar-refractivity contribution in [3.63, 3.8) is 0 Å². The molecule has 9 heteroatoms. The fraction of sp³-hybridized carbons (Fsp3) is 0.125. The van der Waals surface area contributed by atoms with E-state index in [0.29, 0.717) is 32.7 Å². The van der Waals surface area contributed by atoms with Gasteiger partial charge in [-0.15, -0.1) is 11.3 Å². The van der Waals surface area contributed by atoms with Crippen LogP contribution in [-0.4, -0.2) is 41.2 Å². The molecule has 168 valence electrons. The van der Waals surface area contributed by atoms with Gasteiger partial charge in [-0.3, -0.25) is 4.79 Å². The van der Waals surface area contributed by atoms with Crippen LogP contribution in [0.4, 0.5) is 5.69 Å². The van der Waals surface area contributed by atoms with Crippen LogP contribution in [0.1, 0.15) is 31.3 Å². The first kappa shape index (κ1) is 22.1. The molecule has 0 bridgehead atoms. The van der Waals surface area contributed by atoms with Gasteiger partial charge in [0.2, 0.25) is 5.78 Å². The Morgan fingerprint density at radius 3 is 2.36 bits per heavy atom. The summed E-state index contributed by atoms with van der Waals surface area (Å²) in [5.41, 5.74) is 8.02. The molecule has 0 saturated carbocycles. The number of nitrogens with two attached hydrogens (primary N) is 1. The lowest BCUT2D eigenvalue weighted by Gasteiger charge is -2.13. The number of fused-ring (bicyclic) bond motifs is 1. The Balaban J connectivity index is 2.00. The Morgan fingerprint density at radius 1 is 1.06 bits per heavy atom. The molecular weight excluding hydrogens is 444 g/mol. The van der Waals surface area contributed by atoms with E-state index < -0.39 is 5.97 Å². The number of nitrogen functional groups attached to an aromatic ring is 1. The van der Waals surface area contributed by atoms with Crippen molar-refractivity contribution in [2.24, 2.45) is 0 Å². The molecule has 4 rings (SSSR count). The number of aromatic hydroxyl groups is 1. The third-order valence-electron chi connectivity index (χ3n) is 5.30. The number of aromatic nitrogens is 1.